The maximum Gasteiger partial charge on any atom is 0.312 e. The van der Waals surface area contributed by atoms with Gasteiger partial charge in [0.05, 0.1) is 35.3 Å². The quantitative estimate of drug-likeness (QED) is 0.389. The third kappa shape index (κ3) is 4.95. The number of methoxy groups -OCH3 is 2. The van der Waals surface area contributed by atoms with Crippen LogP contribution in [0.1, 0.15) is 10.4 Å². The lowest BCUT2D eigenvalue weighted by atomic mass is 10.1. The third-order valence-corrected chi connectivity index (χ3v) is 5.78. The summed E-state index contributed by atoms with van der Waals surface area (Å²) < 4.78 is 38.0. The van der Waals surface area contributed by atoms with Crippen LogP contribution in [-0.2, 0) is 10.0 Å². The van der Waals surface area contributed by atoms with Crippen molar-refractivity contribution < 1.29 is 27.6 Å². The van der Waals surface area contributed by atoms with Crippen LogP contribution in [0.2, 0.25) is 0 Å². The van der Waals surface area contributed by atoms with Crippen LogP contribution in [0.4, 0.5) is 17.1 Å². The van der Waals surface area contributed by atoms with Gasteiger partial charge in [0.25, 0.3) is 15.9 Å². The molecular weight excluding hydrogens is 438 g/mol. The molecule has 0 fully saturated rings. The van der Waals surface area contributed by atoms with Crippen molar-refractivity contribution in [3.05, 3.63) is 82.4 Å². The summed E-state index contributed by atoms with van der Waals surface area (Å²) in [5.74, 6) is -0.00728. The van der Waals surface area contributed by atoms with E-state index in [1.54, 1.807) is 36.4 Å². The van der Waals surface area contributed by atoms with Gasteiger partial charge in [0, 0.05) is 11.8 Å². The standard InChI is InChI=1S/C21H19N3O7S/c1-30-15-9-7-14(8-10-15)22-21(25)17-5-3-4-6-18(17)23-32(28,29)16-11-12-20(31-2)19(13-16)24(26)27/h3-13,23H,1-2H3,(H,22,25). The van der Waals surface area contributed by atoms with Crippen LogP contribution in [0.25, 0.3) is 0 Å². The van der Waals surface area contributed by atoms with Crippen LogP contribution in [0.15, 0.2) is 71.6 Å². The van der Waals surface area contributed by atoms with E-state index in [9.17, 15) is 23.3 Å². The minimum absolute atomic E-state index is 0.0111. The Balaban J connectivity index is 1.89. The van der Waals surface area contributed by atoms with Crippen LogP contribution >= 0.6 is 0 Å². The molecule has 0 aliphatic heterocycles. The summed E-state index contributed by atoms with van der Waals surface area (Å²) in [5, 5.41) is 13.9. The average molecular weight is 457 g/mol. The fourth-order valence-corrected chi connectivity index (χ4v) is 3.93. The summed E-state index contributed by atoms with van der Waals surface area (Å²) in [7, 11) is -1.48. The number of carbonyl (C=O) groups is 1. The zero-order valence-electron chi connectivity index (χ0n) is 17.1. The van der Waals surface area contributed by atoms with Crippen molar-refractivity contribution in [1.29, 1.82) is 0 Å². The maximum atomic E-state index is 12.9. The number of amides is 1. The maximum absolute atomic E-state index is 12.9. The number of para-hydroxylation sites is 1. The summed E-state index contributed by atoms with van der Waals surface area (Å²) in [5.41, 5.74) is 0.0621. The number of rotatable bonds is 8. The number of anilines is 2. The summed E-state index contributed by atoms with van der Waals surface area (Å²) in [6.45, 7) is 0. The second-order valence-corrected chi connectivity index (χ2v) is 8.11. The number of benzene rings is 3. The van der Waals surface area contributed by atoms with Crippen LogP contribution in [0.5, 0.6) is 11.5 Å². The lowest BCUT2D eigenvalue weighted by molar-refractivity contribution is -0.386. The zero-order valence-corrected chi connectivity index (χ0v) is 17.9. The number of hydrogen-bond acceptors (Lipinski definition) is 7. The van der Waals surface area contributed by atoms with Crippen molar-refractivity contribution in [2.75, 3.05) is 24.3 Å². The Labute approximate surface area is 184 Å². The van der Waals surface area contributed by atoms with Gasteiger partial charge in [-0.2, -0.15) is 0 Å². The number of carbonyl (C=O) groups excluding carboxylic acids is 1. The predicted octanol–water partition coefficient (Wildman–Crippen LogP) is 3.67. The predicted molar refractivity (Wildman–Crippen MR) is 118 cm³/mol. The molecule has 0 saturated heterocycles. The molecule has 32 heavy (non-hydrogen) atoms. The molecule has 2 N–H and O–H groups in total. The first-order valence-electron chi connectivity index (χ1n) is 9.15. The first kappa shape index (κ1) is 22.6. The Morgan fingerprint density at radius 3 is 2.28 bits per heavy atom. The average Bonchev–Trinajstić information content (AvgIpc) is 2.79. The monoisotopic (exact) mass is 457 g/mol. The molecule has 0 atom stereocenters. The highest BCUT2D eigenvalue weighted by Gasteiger charge is 2.23. The highest BCUT2D eigenvalue weighted by molar-refractivity contribution is 7.92. The molecule has 0 aromatic heterocycles. The van der Waals surface area contributed by atoms with Crippen LogP contribution in [0, 0.1) is 10.1 Å². The molecule has 3 rings (SSSR count). The van der Waals surface area contributed by atoms with E-state index in [2.05, 4.69) is 10.0 Å². The SMILES string of the molecule is COc1ccc(NC(=O)c2ccccc2NS(=O)(=O)c2ccc(OC)c([N+](=O)[O-])c2)cc1. The van der Waals surface area contributed by atoms with E-state index in [-0.39, 0.29) is 21.9 Å². The molecule has 0 radical (unpaired) electrons. The molecule has 0 bridgehead atoms. The Morgan fingerprint density at radius 1 is 0.969 bits per heavy atom. The fourth-order valence-electron chi connectivity index (χ4n) is 2.83. The summed E-state index contributed by atoms with van der Waals surface area (Å²) in [4.78, 5) is 22.9. The Hall–Kier alpha value is -4.12. The summed E-state index contributed by atoms with van der Waals surface area (Å²) in [6, 6.07) is 15.9. The number of hydrogen-bond donors (Lipinski definition) is 2. The van der Waals surface area contributed by atoms with Crippen LogP contribution in [0.3, 0.4) is 0 Å². The first-order chi connectivity index (χ1) is 15.2. The van der Waals surface area contributed by atoms with E-state index >= 15 is 0 Å². The minimum Gasteiger partial charge on any atom is -0.497 e. The van der Waals surface area contributed by atoms with E-state index < -0.39 is 26.5 Å². The molecule has 3 aromatic rings. The van der Waals surface area contributed by atoms with Gasteiger partial charge in [-0.3, -0.25) is 19.6 Å². The van der Waals surface area contributed by atoms with E-state index in [0.717, 1.165) is 6.07 Å². The van der Waals surface area contributed by atoms with Gasteiger partial charge in [-0.05, 0) is 48.5 Å². The van der Waals surface area contributed by atoms with Crippen molar-refractivity contribution in [3.63, 3.8) is 0 Å². The Morgan fingerprint density at radius 2 is 1.66 bits per heavy atom. The van der Waals surface area contributed by atoms with Crippen LogP contribution < -0.4 is 19.5 Å². The van der Waals surface area contributed by atoms with Gasteiger partial charge in [-0.25, -0.2) is 8.42 Å². The highest BCUT2D eigenvalue weighted by atomic mass is 32.2. The van der Waals surface area contributed by atoms with Crippen molar-refractivity contribution in [1.82, 2.24) is 0 Å². The lowest BCUT2D eigenvalue weighted by Gasteiger charge is -2.13. The van der Waals surface area contributed by atoms with E-state index in [4.69, 9.17) is 9.47 Å². The second kappa shape index (κ2) is 9.35. The largest absolute Gasteiger partial charge is 0.497 e. The normalized spacial score (nSPS) is 10.8. The number of nitro groups is 1. The number of nitrogens with one attached hydrogen (secondary N) is 2. The van der Waals surface area contributed by atoms with Crippen molar-refractivity contribution >= 4 is 33.0 Å². The van der Waals surface area contributed by atoms with E-state index in [0.29, 0.717) is 11.4 Å². The van der Waals surface area contributed by atoms with Crippen LogP contribution in [-0.4, -0.2) is 33.5 Å². The van der Waals surface area contributed by atoms with Crippen molar-refractivity contribution in [3.8, 4) is 11.5 Å². The van der Waals surface area contributed by atoms with E-state index in [1.165, 1.54) is 38.5 Å². The molecule has 0 saturated carbocycles. The second-order valence-electron chi connectivity index (χ2n) is 6.42. The smallest absolute Gasteiger partial charge is 0.312 e. The number of nitrogens with zero attached hydrogens (tertiary/aromatic N) is 1. The topological polar surface area (TPSA) is 137 Å². The minimum atomic E-state index is -4.24. The van der Waals surface area contributed by atoms with Gasteiger partial charge < -0.3 is 14.8 Å². The Bertz CT molecular complexity index is 1260. The molecule has 0 aliphatic carbocycles. The van der Waals surface area contributed by atoms with Gasteiger partial charge in [0.2, 0.25) is 0 Å². The number of ether oxygens (including phenoxy) is 2. The van der Waals surface area contributed by atoms with Crippen molar-refractivity contribution in [2.45, 2.75) is 4.90 Å². The molecule has 10 nitrogen and oxygen atoms in total. The molecule has 3 aromatic carbocycles. The number of sulfonamides is 1. The molecular formula is C21H19N3O7S. The third-order valence-electron chi connectivity index (χ3n) is 4.42. The van der Waals surface area contributed by atoms with Gasteiger partial charge >= 0.3 is 5.69 Å². The zero-order chi connectivity index (χ0) is 23.3. The number of nitro benzene ring substituents is 1. The molecule has 166 valence electrons. The first-order valence-corrected chi connectivity index (χ1v) is 10.6. The van der Waals surface area contributed by atoms with Gasteiger partial charge in [-0.15, -0.1) is 0 Å². The van der Waals surface area contributed by atoms with Gasteiger partial charge in [0.15, 0.2) is 5.75 Å². The molecule has 0 aliphatic rings. The summed E-state index contributed by atoms with van der Waals surface area (Å²) >= 11 is 0. The molecule has 0 heterocycles. The molecule has 1 amide bonds. The molecule has 11 heteroatoms. The van der Waals surface area contributed by atoms with Gasteiger partial charge in [0.1, 0.15) is 5.75 Å². The molecule has 0 unspecified atom stereocenters. The van der Waals surface area contributed by atoms with Gasteiger partial charge in [-0.1, -0.05) is 12.1 Å². The Kier molecular flexibility index (Phi) is 6.59. The fraction of sp³-hybridized carbons (Fsp3) is 0.0952. The molecule has 0 spiro atoms. The summed E-state index contributed by atoms with van der Waals surface area (Å²) in [6.07, 6.45) is 0. The highest BCUT2D eigenvalue weighted by Crippen LogP contribution is 2.30. The lowest BCUT2D eigenvalue weighted by Crippen LogP contribution is -2.18. The van der Waals surface area contributed by atoms with E-state index in [1.807, 2.05) is 0 Å². The van der Waals surface area contributed by atoms with Crippen molar-refractivity contribution in [2.24, 2.45) is 0 Å².